The van der Waals surface area contributed by atoms with Crippen LogP contribution in [0.15, 0.2) is 48.5 Å². The van der Waals surface area contributed by atoms with Crippen LogP contribution in [0, 0.1) is 5.41 Å². The SMILES string of the molecule is CC(C(=O)O)N1CCN(c2ccc(-c3ccc(C(=N)N)cc3)cc2)CC1. The molecule has 3 rings (SSSR count). The third-order valence-corrected chi connectivity index (χ3v) is 4.98. The van der Waals surface area contributed by atoms with Gasteiger partial charge in [0.05, 0.1) is 0 Å². The molecule has 136 valence electrons. The average Bonchev–Trinajstić information content (AvgIpc) is 2.67. The van der Waals surface area contributed by atoms with E-state index in [1.165, 1.54) is 0 Å². The summed E-state index contributed by atoms with van der Waals surface area (Å²) in [6.07, 6.45) is 0. The Labute approximate surface area is 153 Å². The maximum Gasteiger partial charge on any atom is 0.320 e. The lowest BCUT2D eigenvalue weighted by molar-refractivity contribution is -0.142. The van der Waals surface area contributed by atoms with E-state index in [4.69, 9.17) is 16.2 Å². The number of aliphatic carboxylic acids is 1. The number of nitrogens with two attached hydrogens (primary N) is 1. The van der Waals surface area contributed by atoms with Crippen LogP contribution in [0.5, 0.6) is 0 Å². The van der Waals surface area contributed by atoms with E-state index in [1.54, 1.807) is 6.92 Å². The quantitative estimate of drug-likeness (QED) is 0.567. The van der Waals surface area contributed by atoms with Crippen molar-refractivity contribution in [3.63, 3.8) is 0 Å². The lowest BCUT2D eigenvalue weighted by Gasteiger charge is -2.37. The molecule has 6 heteroatoms. The maximum absolute atomic E-state index is 11.1. The molecule has 0 amide bonds. The van der Waals surface area contributed by atoms with Crippen LogP contribution >= 0.6 is 0 Å². The highest BCUT2D eigenvalue weighted by molar-refractivity contribution is 5.95. The molecular weight excluding hydrogens is 328 g/mol. The number of carboxylic acid groups (broad SMARTS) is 1. The fourth-order valence-electron chi connectivity index (χ4n) is 3.23. The zero-order chi connectivity index (χ0) is 18.7. The van der Waals surface area contributed by atoms with Gasteiger partial charge in [0.15, 0.2) is 0 Å². The Morgan fingerprint density at radius 1 is 1.00 bits per heavy atom. The Bertz CT molecular complexity index is 778. The molecular formula is C20H24N4O2. The molecule has 2 aromatic carbocycles. The van der Waals surface area contributed by atoms with E-state index in [-0.39, 0.29) is 5.84 Å². The number of carboxylic acids is 1. The van der Waals surface area contributed by atoms with Crippen molar-refractivity contribution in [3.05, 3.63) is 54.1 Å². The van der Waals surface area contributed by atoms with Crippen LogP contribution in [-0.4, -0.2) is 54.0 Å². The maximum atomic E-state index is 11.1. The van der Waals surface area contributed by atoms with E-state index < -0.39 is 12.0 Å². The van der Waals surface area contributed by atoms with E-state index in [0.717, 1.165) is 48.6 Å². The number of benzene rings is 2. The normalized spacial score (nSPS) is 16.3. The summed E-state index contributed by atoms with van der Waals surface area (Å²) >= 11 is 0. The Morgan fingerprint density at radius 3 is 1.96 bits per heavy atom. The predicted octanol–water partition coefficient (Wildman–Crippen LogP) is 2.23. The van der Waals surface area contributed by atoms with E-state index in [1.807, 2.05) is 29.2 Å². The van der Waals surface area contributed by atoms with E-state index in [9.17, 15) is 4.79 Å². The van der Waals surface area contributed by atoms with Gasteiger partial charge in [-0.2, -0.15) is 0 Å². The number of rotatable bonds is 5. The van der Waals surface area contributed by atoms with Crippen LogP contribution < -0.4 is 10.6 Å². The van der Waals surface area contributed by atoms with Crippen LogP contribution in [0.1, 0.15) is 12.5 Å². The van der Waals surface area contributed by atoms with Crippen molar-refractivity contribution >= 4 is 17.5 Å². The zero-order valence-corrected chi connectivity index (χ0v) is 14.9. The molecule has 1 unspecified atom stereocenters. The van der Waals surface area contributed by atoms with E-state index in [2.05, 4.69) is 29.2 Å². The summed E-state index contributed by atoms with van der Waals surface area (Å²) < 4.78 is 0. The summed E-state index contributed by atoms with van der Waals surface area (Å²) in [5.74, 6) is -0.693. The lowest BCUT2D eigenvalue weighted by atomic mass is 10.0. The van der Waals surface area contributed by atoms with Gasteiger partial charge in [-0.05, 0) is 30.2 Å². The molecule has 1 fully saturated rings. The van der Waals surface area contributed by atoms with Crippen LogP contribution in [0.3, 0.4) is 0 Å². The molecule has 0 aromatic heterocycles. The standard InChI is InChI=1S/C20H24N4O2/c1-14(20(25)26)23-10-12-24(13-11-23)18-8-6-16(7-9-18)15-2-4-17(5-3-15)19(21)22/h2-9,14H,10-13H2,1H3,(H3,21,22)(H,25,26). The van der Waals surface area contributed by atoms with Crippen molar-refractivity contribution in [1.82, 2.24) is 4.90 Å². The number of carbonyl (C=O) groups is 1. The minimum Gasteiger partial charge on any atom is -0.480 e. The first-order valence-corrected chi connectivity index (χ1v) is 8.72. The molecule has 1 saturated heterocycles. The topological polar surface area (TPSA) is 93.6 Å². The van der Waals surface area contributed by atoms with Gasteiger partial charge >= 0.3 is 5.97 Å². The van der Waals surface area contributed by atoms with E-state index >= 15 is 0 Å². The average molecular weight is 352 g/mol. The van der Waals surface area contributed by atoms with Crippen molar-refractivity contribution < 1.29 is 9.90 Å². The molecule has 0 saturated carbocycles. The number of hydrogen-bond donors (Lipinski definition) is 3. The van der Waals surface area contributed by atoms with Gasteiger partial charge in [-0.1, -0.05) is 36.4 Å². The van der Waals surface area contributed by atoms with Crippen LogP contribution in [-0.2, 0) is 4.79 Å². The van der Waals surface area contributed by atoms with Crippen LogP contribution in [0.2, 0.25) is 0 Å². The summed E-state index contributed by atoms with van der Waals surface area (Å²) in [5.41, 5.74) is 9.56. The first-order chi connectivity index (χ1) is 12.5. The van der Waals surface area contributed by atoms with Crippen molar-refractivity contribution in [1.29, 1.82) is 5.41 Å². The Hall–Kier alpha value is -2.86. The molecule has 1 aliphatic heterocycles. The van der Waals surface area contributed by atoms with Gasteiger partial charge in [0.2, 0.25) is 0 Å². The molecule has 0 radical (unpaired) electrons. The Kier molecular flexibility index (Phi) is 5.23. The minimum atomic E-state index is -0.765. The molecule has 0 aliphatic carbocycles. The molecule has 26 heavy (non-hydrogen) atoms. The predicted molar refractivity (Wildman–Crippen MR) is 104 cm³/mol. The Balaban J connectivity index is 1.65. The van der Waals surface area contributed by atoms with Gasteiger partial charge in [-0.15, -0.1) is 0 Å². The summed E-state index contributed by atoms with van der Waals surface area (Å²) in [5, 5.41) is 16.6. The van der Waals surface area contributed by atoms with Crippen molar-refractivity contribution in [2.75, 3.05) is 31.1 Å². The molecule has 0 bridgehead atoms. The number of hydrogen-bond acceptors (Lipinski definition) is 4. The second kappa shape index (κ2) is 7.58. The second-order valence-electron chi connectivity index (χ2n) is 6.58. The smallest absolute Gasteiger partial charge is 0.320 e. The second-order valence-corrected chi connectivity index (χ2v) is 6.58. The molecule has 4 N–H and O–H groups in total. The highest BCUT2D eigenvalue weighted by Gasteiger charge is 2.25. The highest BCUT2D eigenvalue weighted by atomic mass is 16.4. The van der Waals surface area contributed by atoms with Crippen molar-refractivity contribution in [2.24, 2.45) is 5.73 Å². The van der Waals surface area contributed by atoms with Crippen LogP contribution in [0.4, 0.5) is 5.69 Å². The van der Waals surface area contributed by atoms with Gasteiger partial charge in [-0.3, -0.25) is 15.1 Å². The molecule has 6 nitrogen and oxygen atoms in total. The van der Waals surface area contributed by atoms with Crippen molar-refractivity contribution in [3.8, 4) is 11.1 Å². The summed E-state index contributed by atoms with van der Waals surface area (Å²) in [4.78, 5) is 15.4. The van der Waals surface area contributed by atoms with Crippen molar-refractivity contribution in [2.45, 2.75) is 13.0 Å². The molecule has 1 atom stereocenters. The molecule has 1 aliphatic rings. The fraction of sp³-hybridized carbons (Fsp3) is 0.300. The fourth-order valence-corrected chi connectivity index (χ4v) is 3.23. The zero-order valence-electron chi connectivity index (χ0n) is 14.9. The molecule has 1 heterocycles. The summed E-state index contributed by atoms with van der Waals surface area (Å²) in [6.45, 7) is 4.89. The summed E-state index contributed by atoms with van der Waals surface area (Å²) in [6, 6.07) is 15.6. The van der Waals surface area contributed by atoms with Gasteiger partial charge in [0.25, 0.3) is 0 Å². The third-order valence-electron chi connectivity index (χ3n) is 4.98. The first kappa shape index (κ1) is 17.9. The molecule has 0 spiro atoms. The van der Waals surface area contributed by atoms with Gasteiger partial charge in [-0.25, -0.2) is 0 Å². The summed E-state index contributed by atoms with van der Waals surface area (Å²) in [7, 11) is 0. The van der Waals surface area contributed by atoms with Gasteiger partial charge in [0, 0.05) is 37.4 Å². The largest absolute Gasteiger partial charge is 0.480 e. The van der Waals surface area contributed by atoms with E-state index in [0.29, 0.717) is 0 Å². The monoisotopic (exact) mass is 352 g/mol. The lowest BCUT2D eigenvalue weighted by Crippen LogP contribution is -2.51. The number of piperazine rings is 1. The minimum absolute atomic E-state index is 0.0725. The van der Waals surface area contributed by atoms with Gasteiger partial charge < -0.3 is 15.7 Å². The number of nitrogens with zero attached hydrogens (tertiary/aromatic N) is 2. The van der Waals surface area contributed by atoms with Gasteiger partial charge in [0.1, 0.15) is 11.9 Å². The number of nitrogen functional groups attached to an aromatic ring is 1. The third kappa shape index (κ3) is 3.86. The number of amidine groups is 1. The number of nitrogens with one attached hydrogen (secondary N) is 1. The first-order valence-electron chi connectivity index (χ1n) is 8.72. The highest BCUT2D eigenvalue weighted by Crippen LogP contribution is 2.24. The molecule has 2 aromatic rings. The Morgan fingerprint density at radius 2 is 1.50 bits per heavy atom. The number of anilines is 1. The van der Waals surface area contributed by atoms with Crippen LogP contribution in [0.25, 0.3) is 11.1 Å².